The second-order valence-corrected chi connectivity index (χ2v) is 5.62. The van der Waals surface area contributed by atoms with Gasteiger partial charge in [0.2, 0.25) is 5.91 Å². The van der Waals surface area contributed by atoms with Gasteiger partial charge in [-0.15, -0.1) is 0 Å². The molecule has 106 valence electrons. The Bertz CT molecular complexity index is 565. The number of carboxylic acids is 1. The lowest BCUT2D eigenvalue weighted by Gasteiger charge is -2.18. The van der Waals surface area contributed by atoms with Crippen molar-refractivity contribution in [3.8, 4) is 0 Å². The Balaban J connectivity index is 2.01. The lowest BCUT2D eigenvalue weighted by molar-refractivity contribution is -0.147. The van der Waals surface area contributed by atoms with Crippen LogP contribution in [0.1, 0.15) is 24.5 Å². The van der Waals surface area contributed by atoms with Crippen molar-refractivity contribution >= 4 is 18.0 Å². The molecule has 1 heterocycles. The first-order chi connectivity index (χ1) is 9.40. The number of carbonyl (C=O) groups excluding carboxylic acids is 1. The molecule has 1 amide bonds. The fourth-order valence-electron chi connectivity index (χ4n) is 2.37. The normalized spacial score (nSPS) is 22.4. The van der Waals surface area contributed by atoms with Crippen LogP contribution in [0.3, 0.4) is 0 Å². The number of nitrogens with zero attached hydrogens (tertiary/aromatic N) is 1. The quantitative estimate of drug-likeness (QED) is 0.860. The maximum atomic E-state index is 12.1. The molecule has 1 aliphatic heterocycles. The third-order valence-electron chi connectivity index (χ3n) is 3.76. The third kappa shape index (κ3) is 3.07. The van der Waals surface area contributed by atoms with Crippen molar-refractivity contribution in [1.82, 2.24) is 4.90 Å². The molecule has 2 rings (SSSR count). The van der Waals surface area contributed by atoms with Gasteiger partial charge in [-0.25, -0.2) is 0 Å². The zero-order valence-electron chi connectivity index (χ0n) is 11.8. The number of benzene rings is 1. The van der Waals surface area contributed by atoms with Crippen LogP contribution in [0.2, 0.25) is 0 Å². The molecular weight excluding hydrogens is 254 g/mol. The van der Waals surface area contributed by atoms with Gasteiger partial charge in [0.15, 0.2) is 0 Å². The molecule has 0 aliphatic carbocycles. The van der Waals surface area contributed by atoms with E-state index in [2.05, 4.69) is 0 Å². The predicted octanol–water partition coefficient (Wildman–Crippen LogP) is 2.33. The van der Waals surface area contributed by atoms with Gasteiger partial charge in [0.1, 0.15) is 0 Å². The van der Waals surface area contributed by atoms with Gasteiger partial charge in [-0.05, 0) is 31.9 Å². The standard InChI is InChI=1S/C16H19NO3/c1-12-4-3-5-13(10-12)6-7-14(18)17-9-8-16(2,11-17)15(19)20/h3-7,10H,8-9,11H2,1-2H3,(H,19,20). The van der Waals surface area contributed by atoms with Crippen LogP contribution >= 0.6 is 0 Å². The van der Waals surface area contributed by atoms with E-state index in [0.29, 0.717) is 13.0 Å². The van der Waals surface area contributed by atoms with Crippen LogP contribution in [-0.4, -0.2) is 35.0 Å². The Kier molecular flexibility index (Phi) is 3.93. The number of hydrogen-bond donors (Lipinski definition) is 1. The molecule has 4 heteroatoms. The molecule has 4 nitrogen and oxygen atoms in total. The number of rotatable bonds is 3. The molecule has 1 aromatic carbocycles. The summed E-state index contributed by atoms with van der Waals surface area (Å²) in [6.45, 7) is 4.46. The smallest absolute Gasteiger partial charge is 0.311 e. The number of hydrogen-bond acceptors (Lipinski definition) is 2. The fraction of sp³-hybridized carbons (Fsp3) is 0.375. The number of amides is 1. The molecule has 0 saturated carbocycles. The van der Waals surface area contributed by atoms with Crippen molar-refractivity contribution in [2.24, 2.45) is 5.41 Å². The molecule has 0 aromatic heterocycles. The highest BCUT2D eigenvalue weighted by Crippen LogP contribution is 2.30. The monoisotopic (exact) mass is 273 g/mol. The lowest BCUT2D eigenvalue weighted by atomic mass is 9.90. The first-order valence-corrected chi connectivity index (χ1v) is 6.68. The van der Waals surface area contributed by atoms with Crippen molar-refractivity contribution < 1.29 is 14.7 Å². The van der Waals surface area contributed by atoms with Crippen molar-refractivity contribution in [2.75, 3.05) is 13.1 Å². The molecule has 0 bridgehead atoms. The summed E-state index contributed by atoms with van der Waals surface area (Å²) in [6.07, 6.45) is 3.79. The Labute approximate surface area is 118 Å². The molecule has 1 aliphatic rings. The van der Waals surface area contributed by atoms with E-state index in [0.717, 1.165) is 11.1 Å². The summed E-state index contributed by atoms with van der Waals surface area (Å²) in [4.78, 5) is 24.8. The molecule has 20 heavy (non-hydrogen) atoms. The molecule has 1 N–H and O–H groups in total. The third-order valence-corrected chi connectivity index (χ3v) is 3.76. The van der Waals surface area contributed by atoms with Crippen LogP contribution in [0, 0.1) is 12.3 Å². The summed E-state index contributed by atoms with van der Waals surface area (Å²) in [5, 5.41) is 9.15. The Hall–Kier alpha value is -2.10. The Morgan fingerprint density at radius 2 is 2.15 bits per heavy atom. The Morgan fingerprint density at radius 1 is 1.40 bits per heavy atom. The van der Waals surface area contributed by atoms with Crippen molar-refractivity contribution in [1.29, 1.82) is 0 Å². The van der Waals surface area contributed by atoms with Crippen LogP contribution in [-0.2, 0) is 9.59 Å². The van der Waals surface area contributed by atoms with Crippen molar-refractivity contribution in [3.05, 3.63) is 41.5 Å². The summed E-state index contributed by atoms with van der Waals surface area (Å²) >= 11 is 0. The number of carboxylic acid groups (broad SMARTS) is 1. The lowest BCUT2D eigenvalue weighted by Crippen LogP contribution is -2.34. The van der Waals surface area contributed by atoms with Crippen LogP contribution in [0.5, 0.6) is 0 Å². The van der Waals surface area contributed by atoms with Gasteiger partial charge in [-0.3, -0.25) is 9.59 Å². The second-order valence-electron chi connectivity index (χ2n) is 5.62. The largest absolute Gasteiger partial charge is 0.481 e. The van der Waals surface area contributed by atoms with Gasteiger partial charge < -0.3 is 10.0 Å². The van der Waals surface area contributed by atoms with Gasteiger partial charge in [0.25, 0.3) is 0 Å². The molecule has 1 unspecified atom stereocenters. The van der Waals surface area contributed by atoms with E-state index in [9.17, 15) is 9.59 Å². The predicted molar refractivity (Wildman–Crippen MR) is 77.2 cm³/mol. The minimum Gasteiger partial charge on any atom is -0.481 e. The molecule has 1 atom stereocenters. The van der Waals surface area contributed by atoms with Crippen LogP contribution in [0.25, 0.3) is 6.08 Å². The molecule has 0 spiro atoms. The van der Waals surface area contributed by atoms with Gasteiger partial charge in [0.05, 0.1) is 5.41 Å². The maximum Gasteiger partial charge on any atom is 0.311 e. The van der Waals surface area contributed by atoms with Gasteiger partial charge in [-0.1, -0.05) is 29.8 Å². The molecule has 1 fully saturated rings. The van der Waals surface area contributed by atoms with Crippen LogP contribution in [0.4, 0.5) is 0 Å². The topological polar surface area (TPSA) is 57.6 Å². The zero-order valence-corrected chi connectivity index (χ0v) is 11.8. The summed E-state index contributed by atoms with van der Waals surface area (Å²) in [5.41, 5.74) is 1.30. The number of aliphatic carboxylic acids is 1. The molecule has 0 radical (unpaired) electrons. The number of aryl methyl sites for hydroxylation is 1. The first-order valence-electron chi connectivity index (χ1n) is 6.68. The fourth-order valence-corrected chi connectivity index (χ4v) is 2.37. The highest BCUT2D eigenvalue weighted by atomic mass is 16.4. The Morgan fingerprint density at radius 3 is 2.75 bits per heavy atom. The van der Waals surface area contributed by atoms with Gasteiger partial charge in [0, 0.05) is 19.2 Å². The summed E-state index contributed by atoms with van der Waals surface area (Å²) in [7, 11) is 0. The van der Waals surface area contributed by atoms with Crippen LogP contribution < -0.4 is 0 Å². The van der Waals surface area contributed by atoms with Crippen LogP contribution in [0.15, 0.2) is 30.3 Å². The first kappa shape index (κ1) is 14.3. The van der Waals surface area contributed by atoms with E-state index in [1.165, 1.54) is 6.08 Å². The van der Waals surface area contributed by atoms with Gasteiger partial charge >= 0.3 is 5.97 Å². The summed E-state index contributed by atoms with van der Waals surface area (Å²) < 4.78 is 0. The molecule has 1 saturated heterocycles. The van der Waals surface area contributed by atoms with E-state index in [1.54, 1.807) is 17.9 Å². The van der Waals surface area contributed by atoms with E-state index >= 15 is 0 Å². The van der Waals surface area contributed by atoms with Crippen molar-refractivity contribution in [3.63, 3.8) is 0 Å². The average Bonchev–Trinajstić information content (AvgIpc) is 2.80. The summed E-state index contributed by atoms with van der Waals surface area (Å²) in [5.74, 6) is -0.966. The maximum absolute atomic E-state index is 12.1. The van der Waals surface area contributed by atoms with Crippen molar-refractivity contribution in [2.45, 2.75) is 20.3 Å². The van der Waals surface area contributed by atoms with E-state index in [4.69, 9.17) is 5.11 Å². The van der Waals surface area contributed by atoms with Gasteiger partial charge in [-0.2, -0.15) is 0 Å². The highest BCUT2D eigenvalue weighted by molar-refractivity contribution is 5.92. The SMILES string of the molecule is Cc1cccc(C=CC(=O)N2CCC(C)(C(=O)O)C2)c1. The van der Waals surface area contributed by atoms with E-state index < -0.39 is 11.4 Å². The highest BCUT2D eigenvalue weighted by Gasteiger charge is 2.41. The number of carbonyl (C=O) groups is 2. The minimum absolute atomic E-state index is 0.128. The number of likely N-dealkylation sites (tertiary alicyclic amines) is 1. The minimum atomic E-state index is -0.838. The average molecular weight is 273 g/mol. The molecular formula is C16H19NO3. The van der Waals surface area contributed by atoms with E-state index in [1.807, 2.05) is 31.2 Å². The zero-order chi connectivity index (χ0) is 14.8. The molecule has 1 aromatic rings. The summed E-state index contributed by atoms with van der Waals surface area (Å²) in [6, 6.07) is 7.87. The second kappa shape index (κ2) is 5.49. The van der Waals surface area contributed by atoms with E-state index in [-0.39, 0.29) is 12.5 Å².